The Hall–Kier alpha value is -4.32. The van der Waals surface area contributed by atoms with Crippen LogP contribution >= 0.6 is 11.6 Å². The van der Waals surface area contributed by atoms with Crippen molar-refractivity contribution in [3.63, 3.8) is 0 Å². The zero-order valence-corrected chi connectivity index (χ0v) is 24.5. The van der Waals surface area contributed by atoms with Crippen LogP contribution in [-0.4, -0.2) is 77.6 Å². The van der Waals surface area contributed by atoms with Crippen LogP contribution in [-0.2, 0) is 44.8 Å². The van der Waals surface area contributed by atoms with E-state index in [1.54, 1.807) is 25.3 Å². The lowest BCUT2D eigenvalue weighted by Crippen LogP contribution is -2.36. The molecule has 3 aliphatic rings. The molecule has 0 spiro atoms. The number of aromatic nitrogens is 1. The molecule has 18 heteroatoms. The highest BCUT2D eigenvalue weighted by atomic mass is 35.5. The lowest BCUT2D eigenvalue weighted by atomic mass is 10.0. The maximum absolute atomic E-state index is 12.9. The van der Waals surface area contributed by atoms with E-state index in [-0.39, 0.29) is 44.8 Å². The van der Waals surface area contributed by atoms with Crippen LogP contribution < -0.4 is 4.74 Å². The first-order chi connectivity index (χ1) is 21.6. The van der Waals surface area contributed by atoms with Gasteiger partial charge in [0, 0.05) is 28.8 Å². The van der Waals surface area contributed by atoms with E-state index >= 15 is 0 Å². The summed E-state index contributed by atoms with van der Waals surface area (Å²) in [6.07, 6.45) is -4.16. The van der Waals surface area contributed by atoms with Gasteiger partial charge in [0.1, 0.15) is 31.0 Å². The molecule has 0 radical (unpaired) electrons. The van der Waals surface area contributed by atoms with Crippen LogP contribution in [0.5, 0.6) is 5.75 Å². The van der Waals surface area contributed by atoms with Gasteiger partial charge in [0.2, 0.25) is 0 Å². The van der Waals surface area contributed by atoms with Gasteiger partial charge in [0.15, 0.2) is 18.0 Å². The topological polar surface area (TPSA) is 207 Å². The summed E-state index contributed by atoms with van der Waals surface area (Å²) in [5.41, 5.74) is 2.77. The average Bonchev–Trinajstić information content (AvgIpc) is 3.70. The Bertz CT molecular complexity index is 1430. The third-order valence-electron chi connectivity index (χ3n) is 7.38. The first-order valence-corrected chi connectivity index (χ1v) is 14.2. The van der Waals surface area contributed by atoms with Crippen LogP contribution in [0, 0.1) is 27.2 Å². The van der Waals surface area contributed by atoms with Crippen LogP contribution in [0.3, 0.4) is 0 Å². The lowest BCUT2D eigenvalue weighted by Gasteiger charge is -2.18. The first kappa shape index (κ1) is 32.1. The normalized spacial score (nSPS) is 23.8. The molecule has 2 saturated heterocycles. The Morgan fingerprint density at radius 1 is 1.04 bits per heavy atom. The molecule has 0 aliphatic carbocycles. The number of hydrogen-bond acceptors (Lipinski definition) is 15. The molecule has 6 atom stereocenters. The Morgan fingerprint density at radius 2 is 1.73 bits per heavy atom. The van der Waals surface area contributed by atoms with Gasteiger partial charge in [-0.3, -0.25) is 9.78 Å². The van der Waals surface area contributed by atoms with Gasteiger partial charge in [-0.1, -0.05) is 23.7 Å². The van der Waals surface area contributed by atoms with Crippen molar-refractivity contribution in [3.05, 3.63) is 78.1 Å². The summed E-state index contributed by atoms with van der Waals surface area (Å²) in [6, 6.07) is 7.21. The highest BCUT2D eigenvalue weighted by molar-refractivity contribution is 6.30. The van der Waals surface area contributed by atoms with Gasteiger partial charge in [0.25, 0.3) is 10.2 Å². The molecule has 5 rings (SSSR count). The van der Waals surface area contributed by atoms with Gasteiger partial charge in [-0.25, -0.2) is 4.79 Å². The molecule has 3 aliphatic heterocycles. The maximum atomic E-state index is 12.9. The van der Waals surface area contributed by atoms with E-state index in [9.17, 15) is 29.8 Å². The summed E-state index contributed by atoms with van der Waals surface area (Å²) in [5, 5.41) is 19.3. The standard InChI is InChI=1S/C27H28ClN3O14/c1-14-23(19-11-38-24(18(19)9-29-14)15-5-7-16(28)8-6-15)44-27(33)43-21-13-40-25-20(12-39-26(21)25)42-22(32)4-2-3-17(45-31(36)37)10-41-30(34)35/h5-9,17,20-21,24-26H,2-4,10-13H2,1H3/t17-,20+,21+,24+,25-,26-/m1/s1. The fourth-order valence-electron chi connectivity index (χ4n) is 5.33. The molecule has 0 N–H and O–H groups in total. The second-order valence-corrected chi connectivity index (χ2v) is 10.8. The number of pyridine rings is 1. The fraction of sp³-hybridized carbons (Fsp3) is 0.519. The van der Waals surface area contributed by atoms with Crippen LogP contribution in [0.1, 0.15) is 47.8 Å². The first-order valence-electron chi connectivity index (χ1n) is 13.8. The number of carbonyl (C=O) groups is 2. The minimum atomic E-state index is -1.23. The predicted molar refractivity (Wildman–Crippen MR) is 146 cm³/mol. The van der Waals surface area contributed by atoms with E-state index in [1.165, 1.54) is 0 Å². The summed E-state index contributed by atoms with van der Waals surface area (Å²) in [6.45, 7) is 1.18. The molecule has 17 nitrogen and oxygen atoms in total. The third kappa shape index (κ3) is 7.86. The molecular weight excluding hydrogens is 626 g/mol. The van der Waals surface area contributed by atoms with Crippen molar-refractivity contribution in [1.82, 2.24) is 4.98 Å². The number of ether oxygens (including phenoxy) is 6. The van der Waals surface area contributed by atoms with Gasteiger partial charge >= 0.3 is 12.1 Å². The molecular formula is C27H28ClN3O14. The van der Waals surface area contributed by atoms with Gasteiger partial charge in [0.05, 0.1) is 25.5 Å². The molecule has 0 amide bonds. The third-order valence-corrected chi connectivity index (χ3v) is 7.64. The molecule has 2 aromatic rings. The van der Waals surface area contributed by atoms with Crippen LogP contribution in [0.25, 0.3) is 0 Å². The molecule has 0 bridgehead atoms. The van der Waals surface area contributed by atoms with Crippen LogP contribution in [0.2, 0.25) is 5.02 Å². The van der Waals surface area contributed by atoms with E-state index in [4.69, 9.17) is 40.0 Å². The summed E-state index contributed by atoms with van der Waals surface area (Å²) in [4.78, 5) is 59.0. The van der Waals surface area contributed by atoms with Gasteiger partial charge in [-0.15, -0.1) is 20.2 Å². The largest absolute Gasteiger partial charge is 0.514 e. The fourth-order valence-corrected chi connectivity index (χ4v) is 5.45. The Labute approximate surface area is 259 Å². The molecule has 242 valence electrons. The number of carbonyl (C=O) groups excluding carboxylic acids is 2. The zero-order chi connectivity index (χ0) is 32.1. The van der Waals surface area contributed by atoms with Gasteiger partial charge in [-0.05, 0) is 37.5 Å². The number of halogens is 1. The minimum Gasteiger partial charge on any atom is -0.457 e. The molecule has 1 aromatic heterocycles. The summed E-state index contributed by atoms with van der Waals surface area (Å²) in [5.74, 6) is -0.411. The van der Waals surface area contributed by atoms with Crippen LogP contribution in [0.4, 0.5) is 4.79 Å². The summed E-state index contributed by atoms with van der Waals surface area (Å²) in [7, 11) is 0. The van der Waals surface area contributed by atoms with Crippen molar-refractivity contribution in [1.29, 1.82) is 0 Å². The van der Waals surface area contributed by atoms with Crippen molar-refractivity contribution in [2.75, 3.05) is 19.8 Å². The average molecular weight is 654 g/mol. The SMILES string of the molecule is Cc1ncc2c(c1OC(=O)O[C@H]1CO[C@H]3[C@@H]1OC[C@@H]3OC(=O)CCC[C@H](CO[N+](=O)[O-])O[N+](=O)[O-])CO[C@H]2c1ccc(Cl)cc1. The minimum absolute atomic E-state index is 0.0155. The highest BCUT2D eigenvalue weighted by Crippen LogP contribution is 2.41. The Morgan fingerprint density at radius 3 is 2.40 bits per heavy atom. The monoisotopic (exact) mass is 653 g/mol. The van der Waals surface area contributed by atoms with E-state index in [2.05, 4.69) is 14.7 Å². The molecule has 1 aromatic carbocycles. The van der Waals surface area contributed by atoms with Crippen molar-refractivity contribution in [2.45, 2.75) is 69.4 Å². The smallest absolute Gasteiger partial charge is 0.457 e. The predicted octanol–water partition coefficient (Wildman–Crippen LogP) is 3.21. The number of benzene rings is 1. The van der Waals surface area contributed by atoms with Crippen LogP contribution in [0.15, 0.2) is 30.5 Å². The van der Waals surface area contributed by atoms with E-state index in [1.807, 2.05) is 12.1 Å². The lowest BCUT2D eigenvalue weighted by molar-refractivity contribution is -0.790. The van der Waals surface area contributed by atoms with Crippen molar-refractivity contribution < 1.29 is 57.9 Å². The number of hydrogen-bond donors (Lipinski definition) is 0. The quantitative estimate of drug-likeness (QED) is 0.173. The van der Waals surface area contributed by atoms with E-state index < -0.39 is 65.5 Å². The number of aryl methyl sites for hydroxylation is 1. The van der Waals surface area contributed by atoms with Crippen molar-refractivity contribution in [2.24, 2.45) is 0 Å². The summed E-state index contributed by atoms with van der Waals surface area (Å²) < 4.78 is 34.0. The van der Waals surface area contributed by atoms with Gasteiger partial charge in [-0.2, -0.15) is 0 Å². The number of esters is 1. The number of fused-ring (bicyclic) bond motifs is 2. The summed E-state index contributed by atoms with van der Waals surface area (Å²) >= 11 is 6.01. The van der Waals surface area contributed by atoms with Crippen molar-refractivity contribution >= 4 is 23.7 Å². The zero-order valence-electron chi connectivity index (χ0n) is 23.7. The molecule has 0 saturated carbocycles. The molecule has 0 unspecified atom stereocenters. The van der Waals surface area contributed by atoms with E-state index in [0.29, 0.717) is 16.3 Å². The van der Waals surface area contributed by atoms with Gasteiger partial charge < -0.3 is 38.1 Å². The Balaban J connectivity index is 1.11. The second kappa shape index (κ2) is 14.2. The highest BCUT2D eigenvalue weighted by Gasteiger charge is 2.51. The Kier molecular flexibility index (Phi) is 10.1. The number of rotatable bonds is 13. The number of nitrogens with zero attached hydrogens (tertiary/aromatic N) is 3. The maximum Gasteiger partial charge on any atom is 0.514 e. The molecule has 2 fully saturated rings. The molecule has 45 heavy (non-hydrogen) atoms. The second-order valence-electron chi connectivity index (χ2n) is 10.3. The molecule has 4 heterocycles. The van der Waals surface area contributed by atoms with Crippen molar-refractivity contribution in [3.8, 4) is 5.75 Å². The van der Waals surface area contributed by atoms with E-state index in [0.717, 1.165) is 11.1 Å².